The highest BCUT2D eigenvalue weighted by molar-refractivity contribution is 5.91. The van der Waals surface area contributed by atoms with E-state index in [4.69, 9.17) is 0 Å². The van der Waals surface area contributed by atoms with Crippen LogP contribution in [-0.4, -0.2) is 41.1 Å². The number of anilines is 1. The van der Waals surface area contributed by atoms with Gasteiger partial charge in [-0.2, -0.15) is 0 Å². The Balaban J connectivity index is 1.49. The van der Waals surface area contributed by atoms with Crippen LogP contribution in [0.15, 0.2) is 42.7 Å². The number of aromatic amines is 1. The first kappa shape index (κ1) is 15.9. The van der Waals surface area contributed by atoms with E-state index in [-0.39, 0.29) is 12.3 Å². The second-order valence-corrected chi connectivity index (χ2v) is 5.86. The van der Waals surface area contributed by atoms with E-state index in [2.05, 4.69) is 35.8 Å². The number of tetrazole rings is 1. The molecule has 0 spiro atoms. The Hall–Kier alpha value is -3.62. The highest BCUT2D eigenvalue weighted by atomic mass is 16.1. The lowest BCUT2D eigenvalue weighted by atomic mass is 10.2. The minimum Gasteiger partial charge on any atom is -0.337 e. The molecule has 130 valence electrons. The molecule has 2 N–H and O–H groups in total. The second kappa shape index (κ2) is 6.71. The Morgan fingerprint density at radius 3 is 3.00 bits per heavy atom. The van der Waals surface area contributed by atoms with Crippen LogP contribution in [0.1, 0.15) is 12.1 Å². The van der Waals surface area contributed by atoms with Crippen molar-refractivity contribution >= 4 is 22.8 Å². The highest BCUT2D eigenvalue weighted by Gasteiger charge is 2.09. The van der Waals surface area contributed by atoms with E-state index in [1.807, 2.05) is 43.3 Å². The molecule has 1 aromatic carbocycles. The van der Waals surface area contributed by atoms with Gasteiger partial charge in [-0.1, -0.05) is 12.1 Å². The molecule has 4 rings (SSSR count). The predicted octanol–water partition coefficient (Wildman–Crippen LogP) is 1.95. The van der Waals surface area contributed by atoms with Crippen LogP contribution in [-0.2, 0) is 11.3 Å². The molecule has 1 amide bonds. The van der Waals surface area contributed by atoms with Crippen molar-refractivity contribution in [2.45, 2.75) is 19.9 Å². The lowest BCUT2D eigenvalue weighted by molar-refractivity contribution is -0.116. The maximum Gasteiger partial charge on any atom is 0.226 e. The first-order valence-electron chi connectivity index (χ1n) is 8.12. The van der Waals surface area contributed by atoms with Gasteiger partial charge in [0.2, 0.25) is 5.91 Å². The van der Waals surface area contributed by atoms with E-state index in [1.54, 1.807) is 0 Å². The van der Waals surface area contributed by atoms with Gasteiger partial charge in [-0.15, -0.1) is 5.10 Å². The van der Waals surface area contributed by atoms with Crippen molar-refractivity contribution in [3.8, 4) is 11.4 Å². The summed E-state index contributed by atoms with van der Waals surface area (Å²) in [6.07, 6.45) is 1.76. The molecular weight excluding hydrogens is 332 g/mol. The summed E-state index contributed by atoms with van der Waals surface area (Å²) in [5.41, 5.74) is 4.05. The van der Waals surface area contributed by atoms with Gasteiger partial charge in [-0.05, 0) is 41.6 Å². The van der Waals surface area contributed by atoms with Crippen LogP contribution in [0.5, 0.6) is 0 Å². The predicted molar refractivity (Wildman–Crippen MR) is 95.1 cm³/mol. The van der Waals surface area contributed by atoms with E-state index in [9.17, 15) is 4.79 Å². The lowest BCUT2D eigenvalue weighted by Crippen LogP contribution is -2.14. The second-order valence-electron chi connectivity index (χ2n) is 5.86. The van der Waals surface area contributed by atoms with Gasteiger partial charge in [0.25, 0.3) is 0 Å². The van der Waals surface area contributed by atoms with Crippen LogP contribution in [0.25, 0.3) is 22.6 Å². The van der Waals surface area contributed by atoms with Gasteiger partial charge in [-0.25, -0.2) is 14.6 Å². The number of carbonyl (C=O) groups excluding carboxylic acids is 1. The summed E-state index contributed by atoms with van der Waals surface area (Å²) in [6.45, 7) is 2.35. The van der Waals surface area contributed by atoms with Crippen LogP contribution in [0.4, 0.5) is 5.69 Å². The van der Waals surface area contributed by atoms with E-state index >= 15 is 0 Å². The molecule has 0 unspecified atom stereocenters. The molecule has 0 bridgehead atoms. The zero-order chi connectivity index (χ0) is 17.9. The molecule has 0 aliphatic rings. The van der Waals surface area contributed by atoms with Crippen molar-refractivity contribution in [1.82, 2.24) is 35.2 Å². The number of imidazole rings is 1. The number of fused-ring (bicyclic) bond motifs is 1. The van der Waals surface area contributed by atoms with E-state index in [0.717, 1.165) is 16.8 Å². The van der Waals surface area contributed by atoms with E-state index in [0.29, 0.717) is 23.7 Å². The third-order valence-corrected chi connectivity index (χ3v) is 3.86. The van der Waals surface area contributed by atoms with Gasteiger partial charge in [0.05, 0.1) is 12.1 Å². The number of amides is 1. The molecule has 0 fully saturated rings. The van der Waals surface area contributed by atoms with Crippen LogP contribution < -0.4 is 5.32 Å². The Labute approximate surface area is 148 Å². The standard InChI is InChI=1S/C17H16N8O/c1-11-5-6-14-17(19-11)22-16(21-14)12-3-2-4-13(9-12)20-15(26)7-8-25-10-18-23-24-25/h2-6,9-10H,7-8H2,1H3,(H,20,26)(H,19,21,22). The molecule has 0 atom stereocenters. The number of aryl methyl sites for hydroxylation is 2. The molecule has 26 heavy (non-hydrogen) atoms. The monoisotopic (exact) mass is 348 g/mol. The molecule has 3 aromatic heterocycles. The number of H-pyrrole nitrogens is 1. The summed E-state index contributed by atoms with van der Waals surface area (Å²) < 4.78 is 1.51. The summed E-state index contributed by atoms with van der Waals surface area (Å²) in [5, 5.41) is 13.7. The average Bonchev–Trinajstić information content (AvgIpc) is 3.29. The van der Waals surface area contributed by atoms with Gasteiger partial charge in [0, 0.05) is 23.4 Å². The van der Waals surface area contributed by atoms with Crippen molar-refractivity contribution in [3.05, 3.63) is 48.4 Å². The number of nitrogens with zero attached hydrogens (tertiary/aromatic N) is 6. The Bertz CT molecular complexity index is 1050. The number of carbonyl (C=O) groups is 1. The summed E-state index contributed by atoms with van der Waals surface area (Å²) in [6, 6.07) is 11.4. The molecule has 0 aliphatic heterocycles. The quantitative estimate of drug-likeness (QED) is 0.570. The average molecular weight is 348 g/mol. The van der Waals surface area contributed by atoms with Crippen LogP contribution in [0.3, 0.4) is 0 Å². The third-order valence-electron chi connectivity index (χ3n) is 3.86. The highest BCUT2D eigenvalue weighted by Crippen LogP contribution is 2.22. The van der Waals surface area contributed by atoms with Crippen molar-refractivity contribution in [3.63, 3.8) is 0 Å². The molecule has 4 aromatic rings. The van der Waals surface area contributed by atoms with Gasteiger partial charge in [0.1, 0.15) is 12.2 Å². The molecule has 0 radical (unpaired) electrons. The molecule has 9 heteroatoms. The minimum absolute atomic E-state index is 0.112. The lowest BCUT2D eigenvalue weighted by Gasteiger charge is -2.06. The van der Waals surface area contributed by atoms with Crippen LogP contribution in [0.2, 0.25) is 0 Å². The maximum absolute atomic E-state index is 12.1. The number of hydrogen-bond donors (Lipinski definition) is 2. The Morgan fingerprint density at radius 2 is 2.15 bits per heavy atom. The summed E-state index contributed by atoms with van der Waals surface area (Å²) >= 11 is 0. The van der Waals surface area contributed by atoms with E-state index < -0.39 is 0 Å². The maximum atomic E-state index is 12.1. The third kappa shape index (κ3) is 3.41. The summed E-state index contributed by atoms with van der Waals surface area (Å²) in [7, 11) is 0. The van der Waals surface area contributed by atoms with Gasteiger partial charge in [0.15, 0.2) is 5.65 Å². The molecule has 0 saturated carbocycles. The SMILES string of the molecule is Cc1ccc2[nH]c(-c3cccc(NC(=O)CCn4cnnn4)c3)nc2n1. The Morgan fingerprint density at radius 1 is 1.23 bits per heavy atom. The number of nitrogens with one attached hydrogen (secondary N) is 2. The first-order valence-corrected chi connectivity index (χ1v) is 8.12. The zero-order valence-electron chi connectivity index (χ0n) is 14.0. The topological polar surface area (TPSA) is 114 Å². The Kier molecular flexibility index (Phi) is 4.10. The van der Waals surface area contributed by atoms with Gasteiger partial charge in [-0.3, -0.25) is 4.79 Å². The number of aromatic nitrogens is 7. The number of hydrogen-bond acceptors (Lipinski definition) is 6. The fourth-order valence-electron chi connectivity index (χ4n) is 2.59. The van der Waals surface area contributed by atoms with Crippen molar-refractivity contribution < 1.29 is 4.79 Å². The van der Waals surface area contributed by atoms with Crippen molar-refractivity contribution in [2.75, 3.05) is 5.32 Å². The molecule has 0 saturated heterocycles. The first-order chi connectivity index (χ1) is 12.7. The van der Waals surface area contributed by atoms with Gasteiger partial charge < -0.3 is 10.3 Å². The number of pyridine rings is 1. The van der Waals surface area contributed by atoms with Crippen molar-refractivity contribution in [2.24, 2.45) is 0 Å². The fraction of sp³-hybridized carbons (Fsp3) is 0.176. The molecular formula is C17H16N8O. The zero-order valence-corrected chi connectivity index (χ0v) is 14.0. The number of rotatable bonds is 5. The van der Waals surface area contributed by atoms with E-state index in [1.165, 1.54) is 11.0 Å². The normalized spacial score (nSPS) is 11.0. The minimum atomic E-state index is -0.112. The van der Waals surface area contributed by atoms with Crippen molar-refractivity contribution in [1.29, 1.82) is 0 Å². The van der Waals surface area contributed by atoms with Crippen LogP contribution >= 0.6 is 0 Å². The molecule has 3 heterocycles. The smallest absolute Gasteiger partial charge is 0.226 e. The summed E-state index contributed by atoms with van der Waals surface area (Å²) in [5.74, 6) is 0.599. The summed E-state index contributed by atoms with van der Waals surface area (Å²) in [4.78, 5) is 24.3. The largest absolute Gasteiger partial charge is 0.337 e. The molecule has 0 aliphatic carbocycles. The van der Waals surface area contributed by atoms with Crippen LogP contribution in [0, 0.1) is 6.92 Å². The molecule has 9 nitrogen and oxygen atoms in total. The number of benzene rings is 1. The van der Waals surface area contributed by atoms with Gasteiger partial charge >= 0.3 is 0 Å². The fourth-order valence-corrected chi connectivity index (χ4v) is 2.59.